The van der Waals surface area contributed by atoms with Crippen molar-refractivity contribution in [2.24, 2.45) is 12.8 Å². The van der Waals surface area contributed by atoms with Crippen molar-refractivity contribution in [2.45, 2.75) is 13.5 Å². The van der Waals surface area contributed by atoms with Crippen LogP contribution in [0.1, 0.15) is 21.6 Å². The number of hydrogen-bond acceptors (Lipinski definition) is 4. The molecule has 0 aliphatic rings. The summed E-state index contributed by atoms with van der Waals surface area (Å²) in [7, 11) is 1.88. The number of aryl methyl sites for hydroxylation is 2. The lowest BCUT2D eigenvalue weighted by molar-refractivity contribution is 0.100. The van der Waals surface area contributed by atoms with Gasteiger partial charge < -0.3 is 11.1 Å². The third kappa shape index (κ3) is 3.08. The summed E-state index contributed by atoms with van der Waals surface area (Å²) >= 11 is 0. The third-order valence-corrected chi connectivity index (χ3v) is 3.62. The van der Waals surface area contributed by atoms with Crippen LogP contribution in [0, 0.1) is 6.92 Å². The molecule has 3 aromatic rings. The highest BCUT2D eigenvalue weighted by atomic mass is 16.1. The monoisotopic (exact) mass is 310 g/mol. The lowest BCUT2D eigenvalue weighted by Crippen LogP contribution is -2.13. The Kier molecular flexibility index (Phi) is 3.84. The Morgan fingerprint density at radius 3 is 2.74 bits per heavy atom. The van der Waals surface area contributed by atoms with Crippen molar-refractivity contribution in [3.05, 3.63) is 59.7 Å². The third-order valence-electron chi connectivity index (χ3n) is 3.62. The molecular formula is C16H18N6O. The number of carbonyl (C=O) groups excluding carboxylic acids is 1. The second-order valence-corrected chi connectivity index (χ2v) is 5.36. The van der Waals surface area contributed by atoms with E-state index in [0.717, 1.165) is 22.6 Å². The van der Waals surface area contributed by atoms with Crippen molar-refractivity contribution in [1.29, 1.82) is 0 Å². The summed E-state index contributed by atoms with van der Waals surface area (Å²) in [5, 5.41) is 11.8. The highest BCUT2D eigenvalue weighted by molar-refractivity contribution is 5.94. The molecule has 0 saturated heterocycles. The quantitative estimate of drug-likeness (QED) is 0.749. The smallest absolute Gasteiger partial charge is 0.248 e. The normalized spacial score (nSPS) is 10.7. The number of benzene rings is 1. The van der Waals surface area contributed by atoms with Crippen LogP contribution in [0.15, 0.2) is 42.9 Å². The van der Waals surface area contributed by atoms with Gasteiger partial charge in [-0.15, -0.1) is 0 Å². The summed E-state index contributed by atoms with van der Waals surface area (Å²) in [6.45, 7) is 2.55. The molecule has 0 unspecified atom stereocenters. The highest BCUT2D eigenvalue weighted by Gasteiger charge is 2.10. The Bertz CT molecular complexity index is 848. The van der Waals surface area contributed by atoms with Gasteiger partial charge in [0.25, 0.3) is 0 Å². The Morgan fingerprint density at radius 1 is 1.30 bits per heavy atom. The fourth-order valence-electron chi connectivity index (χ4n) is 2.34. The zero-order chi connectivity index (χ0) is 16.4. The number of carbonyl (C=O) groups is 1. The van der Waals surface area contributed by atoms with Crippen molar-refractivity contribution in [3.63, 3.8) is 0 Å². The molecule has 2 aromatic heterocycles. The van der Waals surface area contributed by atoms with Gasteiger partial charge in [0.05, 0.1) is 29.8 Å². The lowest BCUT2D eigenvalue weighted by Gasteiger charge is -2.13. The molecule has 3 rings (SSSR count). The van der Waals surface area contributed by atoms with Gasteiger partial charge in [0.2, 0.25) is 5.91 Å². The maximum absolute atomic E-state index is 11.5. The Balaban J connectivity index is 1.95. The summed E-state index contributed by atoms with van der Waals surface area (Å²) < 4.78 is 3.56. The van der Waals surface area contributed by atoms with Gasteiger partial charge in [0.15, 0.2) is 0 Å². The fraction of sp³-hybridized carbons (Fsp3) is 0.188. The van der Waals surface area contributed by atoms with Gasteiger partial charge in [-0.3, -0.25) is 9.48 Å². The molecule has 3 N–H and O–H groups in total. The minimum absolute atomic E-state index is 0.449. The largest absolute Gasteiger partial charge is 0.378 e. The molecule has 0 atom stereocenters. The number of hydrogen-bond donors (Lipinski definition) is 2. The molecule has 7 heteroatoms. The van der Waals surface area contributed by atoms with Gasteiger partial charge in [-0.1, -0.05) is 0 Å². The lowest BCUT2D eigenvalue weighted by atomic mass is 10.1. The average molecular weight is 310 g/mol. The maximum atomic E-state index is 11.5. The average Bonchev–Trinajstić information content (AvgIpc) is 3.13. The van der Waals surface area contributed by atoms with Crippen LogP contribution in [0.4, 0.5) is 5.69 Å². The minimum atomic E-state index is -0.461. The van der Waals surface area contributed by atoms with Crippen LogP contribution in [0.5, 0.6) is 0 Å². The number of nitrogens with zero attached hydrogens (tertiary/aromatic N) is 4. The second-order valence-electron chi connectivity index (χ2n) is 5.36. The molecule has 0 spiro atoms. The first kappa shape index (κ1) is 14.8. The number of rotatable bonds is 5. The number of nitrogens with one attached hydrogen (secondary N) is 1. The van der Waals surface area contributed by atoms with Gasteiger partial charge in [-0.2, -0.15) is 10.2 Å². The molecule has 1 aromatic carbocycles. The molecule has 0 radical (unpaired) electrons. The van der Waals surface area contributed by atoms with Gasteiger partial charge >= 0.3 is 0 Å². The van der Waals surface area contributed by atoms with E-state index >= 15 is 0 Å². The van der Waals surface area contributed by atoms with E-state index in [2.05, 4.69) is 15.5 Å². The zero-order valence-electron chi connectivity index (χ0n) is 13.0. The molecule has 0 bridgehead atoms. The topological polar surface area (TPSA) is 90.8 Å². The van der Waals surface area contributed by atoms with Crippen LogP contribution >= 0.6 is 0 Å². The first-order valence-electron chi connectivity index (χ1n) is 7.21. The van der Waals surface area contributed by atoms with Crippen LogP contribution in [-0.2, 0) is 13.6 Å². The van der Waals surface area contributed by atoms with Crippen LogP contribution in [0.3, 0.4) is 0 Å². The molecule has 0 saturated carbocycles. The van der Waals surface area contributed by atoms with Gasteiger partial charge in [0, 0.05) is 25.0 Å². The first-order chi connectivity index (χ1) is 11.0. The molecule has 23 heavy (non-hydrogen) atoms. The summed E-state index contributed by atoms with van der Waals surface area (Å²) in [4.78, 5) is 11.5. The predicted molar refractivity (Wildman–Crippen MR) is 87.4 cm³/mol. The van der Waals surface area contributed by atoms with Crippen LogP contribution in [0.25, 0.3) is 5.69 Å². The van der Waals surface area contributed by atoms with Crippen molar-refractivity contribution in [1.82, 2.24) is 19.6 Å². The van der Waals surface area contributed by atoms with Crippen LogP contribution in [-0.4, -0.2) is 25.5 Å². The van der Waals surface area contributed by atoms with Gasteiger partial charge in [0.1, 0.15) is 0 Å². The van der Waals surface area contributed by atoms with E-state index in [1.165, 1.54) is 0 Å². The van der Waals surface area contributed by atoms with E-state index in [9.17, 15) is 4.79 Å². The van der Waals surface area contributed by atoms with Crippen molar-refractivity contribution >= 4 is 11.6 Å². The summed E-state index contributed by atoms with van der Waals surface area (Å²) in [6.07, 6.45) is 5.45. The van der Waals surface area contributed by atoms with E-state index in [1.807, 2.05) is 32.3 Å². The first-order valence-corrected chi connectivity index (χ1v) is 7.21. The molecule has 0 aliphatic heterocycles. The Labute approximate surface area is 133 Å². The maximum Gasteiger partial charge on any atom is 0.248 e. The van der Waals surface area contributed by atoms with Crippen LogP contribution < -0.4 is 11.1 Å². The molecule has 118 valence electrons. The molecule has 7 nitrogen and oxygen atoms in total. The van der Waals surface area contributed by atoms with E-state index in [1.54, 1.807) is 33.9 Å². The van der Waals surface area contributed by atoms with E-state index in [4.69, 9.17) is 5.73 Å². The second kappa shape index (κ2) is 5.96. The van der Waals surface area contributed by atoms with Crippen molar-refractivity contribution in [3.8, 4) is 5.69 Å². The molecule has 0 aliphatic carbocycles. The molecular weight excluding hydrogens is 292 g/mol. The summed E-state index contributed by atoms with van der Waals surface area (Å²) in [6, 6.07) is 7.20. The highest BCUT2D eigenvalue weighted by Crippen LogP contribution is 2.22. The van der Waals surface area contributed by atoms with E-state index in [0.29, 0.717) is 12.1 Å². The standard InChI is InChI=1S/C16H18N6O/c1-11-8-20-22(10-11)15-4-3-12(16(17)23)7-14(15)18-9-13-5-6-19-21(13)2/h3-8,10,18H,9H2,1-2H3,(H2,17,23). The van der Waals surface area contributed by atoms with Crippen LogP contribution in [0.2, 0.25) is 0 Å². The zero-order valence-corrected chi connectivity index (χ0v) is 13.0. The van der Waals surface area contributed by atoms with Gasteiger partial charge in [-0.05, 0) is 36.8 Å². The molecule has 0 fully saturated rings. The van der Waals surface area contributed by atoms with Crippen molar-refractivity contribution < 1.29 is 4.79 Å². The number of aromatic nitrogens is 4. The SMILES string of the molecule is Cc1cnn(-c2ccc(C(N)=O)cc2NCc2ccnn2C)c1. The molecule has 2 heterocycles. The minimum Gasteiger partial charge on any atom is -0.378 e. The number of amides is 1. The molecule has 1 amide bonds. The fourth-order valence-corrected chi connectivity index (χ4v) is 2.34. The van der Waals surface area contributed by atoms with E-state index in [-0.39, 0.29) is 0 Å². The summed E-state index contributed by atoms with van der Waals surface area (Å²) in [5.74, 6) is -0.461. The van der Waals surface area contributed by atoms with Gasteiger partial charge in [-0.25, -0.2) is 4.68 Å². The number of nitrogens with two attached hydrogens (primary N) is 1. The number of primary amides is 1. The van der Waals surface area contributed by atoms with Crippen molar-refractivity contribution in [2.75, 3.05) is 5.32 Å². The van der Waals surface area contributed by atoms with E-state index < -0.39 is 5.91 Å². The Morgan fingerprint density at radius 2 is 2.13 bits per heavy atom. The summed E-state index contributed by atoms with van der Waals surface area (Å²) in [5.41, 5.74) is 9.55. The number of anilines is 1. The Hall–Kier alpha value is -3.09. The predicted octanol–water partition coefficient (Wildman–Crippen LogP) is 1.63.